The van der Waals surface area contributed by atoms with Crippen LogP contribution in [0.1, 0.15) is 12.6 Å². The Morgan fingerprint density at radius 3 is 2.65 bits per heavy atom. The Labute approximate surface area is 123 Å². The Bertz CT molecular complexity index is 609. The number of aryl methyl sites for hydroxylation is 2. The second-order valence-electron chi connectivity index (χ2n) is 4.26. The standard InChI is InChI=1S/C14H18N4OS/c1-4-18-9-12(10(2)17-18)16-14(20)15-11-7-5-6-8-13(11)19-3/h5-9H,4H2,1-3H3,(H2,15,16,20). The maximum atomic E-state index is 5.32. The van der Waals surface area contributed by atoms with Crippen molar-refractivity contribution >= 4 is 28.7 Å². The van der Waals surface area contributed by atoms with Gasteiger partial charge in [-0.1, -0.05) is 12.1 Å². The minimum atomic E-state index is 0.508. The third kappa shape index (κ3) is 3.27. The van der Waals surface area contributed by atoms with E-state index in [4.69, 9.17) is 17.0 Å². The summed E-state index contributed by atoms with van der Waals surface area (Å²) >= 11 is 5.32. The number of nitrogens with zero attached hydrogens (tertiary/aromatic N) is 2. The summed E-state index contributed by atoms with van der Waals surface area (Å²) in [5.74, 6) is 0.748. The normalized spacial score (nSPS) is 10.2. The summed E-state index contributed by atoms with van der Waals surface area (Å²) < 4.78 is 7.14. The van der Waals surface area contributed by atoms with Crippen LogP contribution >= 0.6 is 12.2 Å². The van der Waals surface area contributed by atoms with Crippen LogP contribution < -0.4 is 15.4 Å². The fourth-order valence-corrected chi connectivity index (χ4v) is 2.05. The van der Waals surface area contributed by atoms with E-state index in [9.17, 15) is 0 Å². The van der Waals surface area contributed by atoms with Crippen LogP contribution in [0.4, 0.5) is 11.4 Å². The van der Waals surface area contributed by atoms with Gasteiger partial charge in [-0.05, 0) is 38.2 Å². The zero-order valence-corrected chi connectivity index (χ0v) is 12.6. The third-order valence-electron chi connectivity index (χ3n) is 2.87. The van der Waals surface area contributed by atoms with Crippen molar-refractivity contribution in [3.63, 3.8) is 0 Å². The van der Waals surface area contributed by atoms with Crippen molar-refractivity contribution in [3.05, 3.63) is 36.2 Å². The molecule has 1 aromatic heterocycles. The van der Waals surface area contributed by atoms with E-state index in [1.54, 1.807) is 7.11 Å². The van der Waals surface area contributed by atoms with Gasteiger partial charge in [-0.15, -0.1) is 0 Å². The van der Waals surface area contributed by atoms with Crippen LogP contribution in [0.5, 0.6) is 5.75 Å². The average Bonchev–Trinajstić information content (AvgIpc) is 2.80. The van der Waals surface area contributed by atoms with Crippen LogP contribution in [0.3, 0.4) is 0 Å². The van der Waals surface area contributed by atoms with Crippen molar-refractivity contribution in [3.8, 4) is 5.75 Å². The second kappa shape index (κ2) is 6.38. The Hall–Kier alpha value is -2.08. The molecule has 2 rings (SSSR count). The molecule has 0 radical (unpaired) electrons. The molecule has 0 spiro atoms. The average molecular weight is 290 g/mol. The zero-order chi connectivity index (χ0) is 14.5. The maximum Gasteiger partial charge on any atom is 0.175 e. The van der Waals surface area contributed by atoms with E-state index in [-0.39, 0.29) is 0 Å². The smallest absolute Gasteiger partial charge is 0.175 e. The largest absolute Gasteiger partial charge is 0.495 e. The van der Waals surface area contributed by atoms with Crippen molar-refractivity contribution in [1.29, 1.82) is 0 Å². The topological polar surface area (TPSA) is 51.1 Å². The monoisotopic (exact) mass is 290 g/mol. The Balaban J connectivity index is 2.07. The van der Waals surface area contributed by atoms with Gasteiger partial charge in [0.15, 0.2) is 5.11 Å². The van der Waals surface area contributed by atoms with Crippen LogP contribution in [0.25, 0.3) is 0 Å². The number of thiocarbonyl (C=S) groups is 1. The molecule has 0 atom stereocenters. The second-order valence-corrected chi connectivity index (χ2v) is 4.67. The first-order valence-electron chi connectivity index (χ1n) is 6.39. The summed E-state index contributed by atoms with van der Waals surface area (Å²) in [4.78, 5) is 0. The van der Waals surface area contributed by atoms with Crippen molar-refractivity contribution in [2.45, 2.75) is 20.4 Å². The first kappa shape index (κ1) is 14.3. The molecule has 2 N–H and O–H groups in total. The van der Waals surface area contributed by atoms with Crippen molar-refractivity contribution < 1.29 is 4.74 Å². The first-order chi connectivity index (χ1) is 9.63. The minimum absolute atomic E-state index is 0.508. The number of ether oxygens (including phenoxy) is 1. The molecule has 0 fully saturated rings. The van der Waals surface area contributed by atoms with Crippen LogP contribution in [0.2, 0.25) is 0 Å². The maximum absolute atomic E-state index is 5.32. The summed E-state index contributed by atoms with van der Waals surface area (Å²) in [5, 5.41) is 11.1. The molecule has 0 bridgehead atoms. The molecule has 20 heavy (non-hydrogen) atoms. The highest BCUT2D eigenvalue weighted by atomic mass is 32.1. The minimum Gasteiger partial charge on any atom is -0.495 e. The third-order valence-corrected chi connectivity index (χ3v) is 3.08. The molecule has 0 aliphatic rings. The predicted octanol–water partition coefficient (Wildman–Crippen LogP) is 3.03. The van der Waals surface area contributed by atoms with E-state index in [2.05, 4.69) is 15.7 Å². The quantitative estimate of drug-likeness (QED) is 0.848. The molecule has 0 unspecified atom stereocenters. The summed E-state index contributed by atoms with van der Waals surface area (Å²) in [6.07, 6.45) is 1.94. The van der Waals surface area contributed by atoms with Gasteiger partial charge in [0.25, 0.3) is 0 Å². The first-order valence-corrected chi connectivity index (χ1v) is 6.80. The fourth-order valence-electron chi connectivity index (χ4n) is 1.83. The van der Waals surface area contributed by atoms with Crippen LogP contribution in [-0.2, 0) is 6.54 Å². The highest BCUT2D eigenvalue weighted by molar-refractivity contribution is 7.80. The van der Waals surface area contributed by atoms with Crippen LogP contribution in [0.15, 0.2) is 30.5 Å². The van der Waals surface area contributed by atoms with Gasteiger partial charge in [0.2, 0.25) is 0 Å². The fraction of sp³-hybridized carbons (Fsp3) is 0.286. The summed E-state index contributed by atoms with van der Waals surface area (Å²) in [5.41, 5.74) is 2.64. The number of hydrogen-bond acceptors (Lipinski definition) is 3. The summed E-state index contributed by atoms with van der Waals surface area (Å²) in [6.45, 7) is 4.82. The molecule has 2 aromatic rings. The predicted molar refractivity (Wildman–Crippen MR) is 85.5 cm³/mol. The molecule has 0 amide bonds. The molecule has 1 heterocycles. The number of methoxy groups -OCH3 is 1. The van der Waals surface area contributed by atoms with Crippen molar-refractivity contribution in [2.24, 2.45) is 0 Å². The molecule has 106 valence electrons. The molecule has 0 saturated carbocycles. The Morgan fingerprint density at radius 2 is 2.00 bits per heavy atom. The van der Waals surface area contributed by atoms with E-state index >= 15 is 0 Å². The van der Waals surface area contributed by atoms with Gasteiger partial charge in [-0.25, -0.2) is 0 Å². The van der Waals surface area contributed by atoms with Crippen LogP contribution in [-0.4, -0.2) is 22.0 Å². The van der Waals surface area contributed by atoms with E-state index in [1.807, 2.05) is 49.0 Å². The van der Waals surface area contributed by atoms with Gasteiger partial charge in [0, 0.05) is 12.7 Å². The number of benzene rings is 1. The number of aromatic nitrogens is 2. The molecular formula is C14H18N4OS. The Kier molecular flexibility index (Phi) is 4.57. The lowest BCUT2D eigenvalue weighted by atomic mass is 10.3. The van der Waals surface area contributed by atoms with E-state index in [0.717, 1.165) is 29.4 Å². The highest BCUT2D eigenvalue weighted by Crippen LogP contribution is 2.23. The van der Waals surface area contributed by atoms with E-state index < -0.39 is 0 Å². The molecule has 1 aromatic carbocycles. The highest BCUT2D eigenvalue weighted by Gasteiger charge is 2.08. The van der Waals surface area contributed by atoms with Crippen molar-refractivity contribution in [2.75, 3.05) is 17.7 Å². The van der Waals surface area contributed by atoms with Gasteiger partial charge < -0.3 is 15.4 Å². The lowest BCUT2D eigenvalue weighted by molar-refractivity contribution is 0.417. The van der Waals surface area contributed by atoms with Crippen LogP contribution in [0, 0.1) is 6.92 Å². The molecule has 5 nitrogen and oxygen atoms in total. The number of hydrogen-bond donors (Lipinski definition) is 2. The molecule has 0 aliphatic carbocycles. The lowest BCUT2D eigenvalue weighted by Crippen LogP contribution is -2.19. The van der Waals surface area contributed by atoms with Gasteiger partial charge >= 0.3 is 0 Å². The molecule has 6 heteroatoms. The molecule has 0 aliphatic heterocycles. The van der Waals surface area contributed by atoms with Gasteiger partial charge in [-0.2, -0.15) is 5.10 Å². The number of para-hydroxylation sites is 2. The number of nitrogens with one attached hydrogen (secondary N) is 2. The number of rotatable bonds is 4. The lowest BCUT2D eigenvalue weighted by Gasteiger charge is -2.12. The molecule has 0 saturated heterocycles. The zero-order valence-electron chi connectivity index (χ0n) is 11.8. The summed E-state index contributed by atoms with van der Waals surface area (Å²) in [7, 11) is 1.63. The van der Waals surface area contributed by atoms with E-state index in [0.29, 0.717) is 5.11 Å². The van der Waals surface area contributed by atoms with E-state index in [1.165, 1.54) is 0 Å². The van der Waals surface area contributed by atoms with Gasteiger partial charge in [-0.3, -0.25) is 4.68 Å². The van der Waals surface area contributed by atoms with Gasteiger partial charge in [0.1, 0.15) is 5.75 Å². The molecular weight excluding hydrogens is 272 g/mol. The Morgan fingerprint density at radius 1 is 1.30 bits per heavy atom. The number of anilines is 2. The van der Waals surface area contributed by atoms with Crippen molar-refractivity contribution in [1.82, 2.24) is 9.78 Å². The summed E-state index contributed by atoms with van der Waals surface area (Å²) in [6, 6.07) is 7.63. The SMILES string of the molecule is CCn1cc(NC(=S)Nc2ccccc2OC)c(C)n1. The van der Waals surface area contributed by atoms with Gasteiger partial charge in [0.05, 0.1) is 24.2 Å².